The van der Waals surface area contributed by atoms with Crippen molar-refractivity contribution < 1.29 is 31.1 Å². The van der Waals surface area contributed by atoms with Gasteiger partial charge in [0.05, 0.1) is 16.3 Å². The summed E-state index contributed by atoms with van der Waals surface area (Å²) in [5.41, 5.74) is 6.12. The van der Waals surface area contributed by atoms with Crippen molar-refractivity contribution in [1.29, 1.82) is 0 Å². The van der Waals surface area contributed by atoms with Crippen LogP contribution in [0.25, 0.3) is 11.3 Å². The van der Waals surface area contributed by atoms with Crippen LogP contribution in [0.2, 0.25) is 5.02 Å². The average Bonchev–Trinajstić information content (AvgIpc) is 2.70. The van der Waals surface area contributed by atoms with Gasteiger partial charge in [0, 0.05) is 24.2 Å². The number of nitrogens with zero attached hydrogens (tertiary/aromatic N) is 2. The zero-order valence-corrected chi connectivity index (χ0v) is 16.8. The lowest BCUT2D eigenvalue weighted by Gasteiger charge is -2.16. The van der Waals surface area contributed by atoms with Crippen molar-refractivity contribution in [1.82, 2.24) is 9.97 Å². The Hall–Kier alpha value is -3.05. The molecule has 32 heavy (non-hydrogen) atoms. The Kier molecular flexibility index (Phi) is 6.79. The van der Waals surface area contributed by atoms with Crippen LogP contribution in [0.3, 0.4) is 0 Å². The van der Waals surface area contributed by atoms with Crippen LogP contribution >= 0.6 is 11.6 Å². The molecule has 0 fully saturated rings. The number of hydrogen-bond donors (Lipinski definition) is 2. The Morgan fingerprint density at radius 2 is 1.75 bits per heavy atom. The Balaban J connectivity index is 1.71. The highest BCUT2D eigenvalue weighted by Crippen LogP contribution is 2.36. The van der Waals surface area contributed by atoms with Crippen molar-refractivity contribution >= 4 is 17.4 Å². The lowest BCUT2D eigenvalue weighted by Crippen LogP contribution is -2.22. The molecular weight excluding hydrogens is 462 g/mol. The second-order valence-electron chi connectivity index (χ2n) is 6.59. The summed E-state index contributed by atoms with van der Waals surface area (Å²) < 4.78 is 79.6. The summed E-state index contributed by atoms with van der Waals surface area (Å²) >= 11 is 5.75. The highest BCUT2D eigenvalue weighted by atomic mass is 35.5. The summed E-state index contributed by atoms with van der Waals surface area (Å²) in [4.78, 5) is 8.04. The molecule has 0 bridgehead atoms. The molecule has 5 nitrogen and oxygen atoms in total. The number of hydrogen-bond acceptors (Lipinski definition) is 5. The lowest BCUT2D eigenvalue weighted by atomic mass is 10.1. The van der Waals surface area contributed by atoms with Gasteiger partial charge in [0.15, 0.2) is 0 Å². The molecule has 1 aromatic heterocycles. The Morgan fingerprint density at radius 3 is 2.41 bits per heavy atom. The van der Waals surface area contributed by atoms with Crippen molar-refractivity contribution in [3.63, 3.8) is 0 Å². The first-order chi connectivity index (χ1) is 14.9. The van der Waals surface area contributed by atoms with Crippen molar-refractivity contribution in [3.05, 3.63) is 71.0 Å². The van der Waals surface area contributed by atoms with Gasteiger partial charge in [-0.1, -0.05) is 29.8 Å². The van der Waals surface area contributed by atoms with Gasteiger partial charge >= 0.3 is 12.5 Å². The number of nitrogens with one attached hydrogen (secondary N) is 1. The number of nitrogens with two attached hydrogens (primary N) is 1. The van der Waals surface area contributed by atoms with Crippen molar-refractivity contribution in [3.8, 4) is 17.0 Å². The second-order valence-corrected chi connectivity index (χ2v) is 7.00. The first kappa shape index (κ1) is 23.6. The summed E-state index contributed by atoms with van der Waals surface area (Å²) in [6, 6.07) is 9.28. The highest BCUT2D eigenvalue weighted by Gasteiger charge is 2.33. The van der Waals surface area contributed by atoms with Crippen molar-refractivity contribution in [2.24, 2.45) is 5.73 Å². The number of ether oxygens (including phenoxy) is 1. The average molecular weight is 477 g/mol. The summed E-state index contributed by atoms with van der Waals surface area (Å²) in [5.74, 6) is -0.0851. The van der Waals surface area contributed by atoms with Crippen molar-refractivity contribution in [2.45, 2.75) is 18.6 Å². The third-order valence-corrected chi connectivity index (χ3v) is 4.57. The van der Waals surface area contributed by atoms with Crippen LogP contribution in [-0.2, 0) is 6.18 Å². The molecule has 3 rings (SSSR count). The van der Waals surface area contributed by atoms with E-state index in [0.717, 1.165) is 18.2 Å². The second kappa shape index (κ2) is 9.21. The lowest BCUT2D eigenvalue weighted by molar-refractivity contribution is -0.274. The van der Waals surface area contributed by atoms with Crippen LogP contribution in [0.5, 0.6) is 5.75 Å². The van der Waals surface area contributed by atoms with Crippen LogP contribution in [0.4, 0.5) is 32.2 Å². The van der Waals surface area contributed by atoms with E-state index in [1.165, 1.54) is 30.6 Å². The first-order valence-electron chi connectivity index (χ1n) is 8.97. The molecule has 1 unspecified atom stereocenters. The molecular formula is C20H15ClF6N4O. The van der Waals surface area contributed by atoms with E-state index in [2.05, 4.69) is 20.0 Å². The predicted octanol–water partition coefficient (Wildman–Crippen LogP) is 5.83. The van der Waals surface area contributed by atoms with Crippen LogP contribution in [0.15, 0.2) is 54.9 Å². The number of aromatic nitrogens is 2. The van der Waals surface area contributed by atoms with Crippen LogP contribution in [0, 0.1) is 0 Å². The molecule has 1 atom stereocenters. The quantitative estimate of drug-likeness (QED) is 0.438. The van der Waals surface area contributed by atoms with E-state index in [1.54, 1.807) is 6.07 Å². The fraction of sp³-hybridized carbons (Fsp3) is 0.200. The molecule has 0 spiro atoms. The summed E-state index contributed by atoms with van der Waals surface area (Å²) in [7, 11) is 0. The summed E-state index contributed by atoms with van der Waals surface area (Å²) in [5, 5.41) is 2.45. The fourth-order valence-corrected chi connectivity index (χ4v) is 3.08. The van der Waals surface area contributed by atoms with E-state index in [0.29, 0.717) is 22.6 Å². The standard InChI is InChI=1S/C20H15ClF6N4O/c21-15-7-12(4-5-14(15)19(22,23)24)17-8-18(31-10-30-17)29-9-16(28)11-2-1-3-13(6-11)32-20(25,26)27/h1-8,10,16H,9,28H2,(H,29,30,31). The number of benzene rings is 2. The zero-order chi connectivity index (χ0) is 23.5. The van der Waals surface area contributed by atoms with Crippen LogP contribution in [0.1, 0.15) is 17.2 Å². The molecule has 0 aliphatic heterocycles. The zero-order valence-electron chi connectivity index (χ0n) is 16.0. The predicted molar refractivity (Wildman–Crippen MR) is 106 cm³/mol. The molecule has 0 aliphatic carbocycles. The molecule has 2 aromatic carbocycles. The molecule has 3 aromatic rings. The number of anilines is 1. The van der Waals surface area contributed by atoms with Gasteiger partial charge in [0.2, 0.25) is 0 Å². The van der Waals surface area contributed by atoms with E-state index >= 15 is 0 Å². The van der Waals surface area contributed by atoms with E-state index in [9.17, 15) is 26.3 Å². The Morgan fingerprint density at radius 1 is 1.00 bits per heavy atom. The molecule has 0 amide bonds. The molecule has 0 aliphatic rings. The SMILES string of the molecule is NC(CNc1cc(-c2ccc(C(F)(F)F)c(Cl)c2)ncn1)c1cccc(OC(F)(F)F)c1. The number of alkyl halides is 6. The largest absolute Gasteiger partial charge is 0.573 e. The maximum absolute atomic E-state index is 12.9. The van der Waals surface area contributed by atoms with E-state index < -0.39 is 34.9 Å². The van der Waals surface area contributed by atoms with Gasteiger partial charge in [-0.05, 0) is 29.8 Å². The first-order valence-corrected chi connectivity index (χ1v) is 9.34. The minimum atomic E-state index is -4.82. The minimum absolute atomic E-state index is 0.0969. The molecule has 1 heterocycles. The van der Waals surface area contributed by atoms with Gasteiger partial charge in [0.1, 0.15) is 17.9 Å². The van der Waals surface area contributed by atoms with Gasteiger partial charge in [-0.25, -0.2) is 9.97 Å². The molecule has 0 saturated carbocycles. The minimum Gasteiger partial charge on any atom is -0.406 e. The third kappa shape index (κ3) is 6.24. The van der Waals surface area contributed by atoms with E-state index in [1.807, 2.05) is 0 Å². The monoisotopic (exact) mass is 476 g/mol. The Labute approximate surface area is 183 Å². The third-order valence-electron chi connectivity index (χ3n) is 4.26. The molecule has 0 saturated heterocycles. The van der Waals surface area contributed by atoms with E-state index in [-0.39, 0.29) is 6.54 Å². The van der Waals surface area contributed by atoms with Crippen LogP contribution < -0.4 is 15.8 Å². The normalized spacial score (nSPS) is 13.0. The molecule has 12 heteroatoms. The summed E-state index contributed by atoms with van der Waals surface area (Å²) in [6.07, 6.45) is -8.20. The maximum atomic E-state index is 12.9. The van der Waals surface area contributed by atoms with Gasteiger partial charge in [-0.3, -0.25) is 0 Å². The number of rotatable bonds is 6. The van der Waals surface area contributed by atoms with Gasteiger partial charge in [-0.2, -0.15) is 13.2 Å². The van der Waals surface area contributed by atoms with Gasteiger partial charge in [0.25, 0.3) is 0 Å². The summed E-state index contributed by atoms with van der Waals surface area (Å²) in [6.45, 7) is 0.0969. The van der Waals surface area contributed by atoms with Crippen LogP contribution in [-0.4, -0.2) is 22.9 Å². The molecule has 3 N–H and O–H groups in total. The topological polar surface area (TPSA) is 73.1 Å². The molecule has 0 radical (unpaired) electrons. The highest BCUT2D eigenvalue weighted by molar-refractivity contribution is 6.31. The van der Waals surface area contributed by atoms with E-state index in [4.69, 9.17) is 17.3 Å². The van der Waals surface area contributed by atoms with Crippen molar-refractivity contribution in [2.75, 3.05) is 11.9 Å². The smallest absolute Gasteiger partial charge is 0.406 e. The fourth-order valence-electron chi connectivity index (χ4n) is 2.79. The maximum Gasteiger partial charge on any atom is 0.573 e. The van der Waals surface area contributed by atoms with Gasteiger partial charge in [-0.15, -0.1) is 13.2 Å². The van der Waals surface area contributed by atoms with Gasteiger partial charge < -0.3 is 15.8 Å². The number of halogens is 7. The Bertz CT molecular complexity index is 1090. The molecule has 170 valence electrons.